The molecule has 0 unspecified atom stereocenters. The molecule has 4 nitrogen and oxygen atoms in total. The minimum absolute atomic E-state index is 0.296. The van der Waals surface area contributed by atoms with Gasteiger partial charge >= 0.3 is 0 Å². The zero-order chi connectivity index (χ0) is 19.1. The van der Waals surface area contributed by atoms with E-state index >= 15 is 0 Å². The van der Waals surface area contributed by atoms with E-state index in [0.717, 1.165) is 17.3 Å². The van der Waals surface area contributed by atoms with Crippen molar-refractivity contribution in [2.45, 2.75) is 5.75 Å². The maximum atomic E-state index is 13.1. The summed E-state index contributed by atoms with van der Waals surface area (Å²) in [6.45, 7) is 0.475. The van der Waals surface area contributed by atoms with Crippen LogP contribution in [-0.2, 0) is 5.75 Å². The summed E-state index contributed by atoms with van der Waals surface area (Å²) in [4.78, 5) is 25.2. The number of thioether (sulfide) groups is 1. The first kappa shape index (κ1) is 18.9. The number of nitrogens with one attached hydrogen (secondary N) is 1. The van der Waals surface area contributed by atoms with E-state index in [4.69, 9.17) is 4.42 Å². The second-order valence-electron chi connectivity index (χ2n) is 5.77. The Morgan fingerprint density at radius 1 is 0.963 bits per heavy atom. The van der Waals surface area contributed by atoms with Crippen LogP contribution < -0.4 is 5.32 Å². The molecule has 0 aliphatic carbocycles. The summed E-state index contributed by atoms with van der Waals surface area (Å²) in [5.74, 6) is 1.32. The molecule has 1 N–H and O–H groups in total. The van der Waals surface area contributed by atoms with Gasteiger partial charge in [0.1, 0.15) is 11.6 Å². The lowest BCUT2D eigenvalue weighted by Crippen LogP contribution is -2.27. The predicted molar refractivity (Wildman–Crippen MR) is 103 cm³/mol. The van der Waals surface area contributed by atoms with Crippen LogP contribution >= 0.6 is 11.8 Å². The molecule has 0 aliphatic rings. The summed E-state index contributed by atoms with van der Waals surface area (Å²) in [5.41, 5.74) is 0.943. The van der Waals surface area contributed by atoms with E-state index in [1.165, 1.54) is 24.3 Å². The molecule has 3 rings (SSSR count). The largest absolute Gasteiger partial charge is 0.468 e. The maximum Gasteiger partial charge on any atom is 0.252 e. The van der Waals surface area contributed by atoms with Crippen molar-refractivity contribution in [3.05, 3.63) is 95.2 Å². The van der Waals surface area contributed by atoms with Crippen molar-refractivity contribution < 1.29 is 18.4 Å². The molecule has 1 aromatic heterocycles. The van der Waals surface area contributed by atoms with Gasteiger partial charge in [0.25, 0.3) is 5.91 Å². The van der Waals surface area contributed by atoms with Crippen LogP contribution in [0.3, 0.4) is 0 Å². The number of amides is 1. The van der Waals surface area contributed by atoms with Crippen molar-refractivity contribution in [1.29, 1.82) is 0 Å². The van der Waals surface area contributed by atoms with Crippen LogP contribution in [0.1, 0.15) is 32.0 Å². The molecule has 1 heterocycles. The van der Waals surface area contributed by atoms with Gasteiger partial charge in [-0.25, -0.2) is 4.39 Å². The molecule has 0 saturated heterocycles. The van der Waals surface area contributed by atoms with Crippen LogP contribution in [0.2, 0.25) is 0 Å². The Balaban J connectivity index is 1.60. The van der Waals surface area contributed by atoms with Crippen molar-refractivity contribution in [2.75, 3.05) is 12.3 Å². The molecule has 0 aliphatic heterocycles. The third-order valence-corrected chi connectivity index (χ3v) is 4.86. The Morgan fingerprint density at radius 2 is 1.70 bits per heavy atom. The molecule has 0 bridgehead atoms. The first-order valence-corrected chi connectivity index (χ1v) is 9.58. The smallest absolute Gasteiger partial charge is 0.252 e. The van der Waals surface area contributed by atoms with Crippen LogP contribution in [-0.4, -0.2) is 24.0 Å². The summed E-state index contributed by atoms with van der Waals surface area (Å²) in [6, 6.07) is 15.7. The first-order chi connectivity index (χ1) is 13.1. The third-order valence-electron chi connectivity index (χ3n) is 3.88. The summed E-state index contributed by atoms with van der Waals surface area (Å²) < 4.78 is 18.3. The summed E-state index contributed by atoms with van der Waals surface area (Å²) >= 11 is 1.65. The van der Waals surface area contributed by atoms with Crippen molar-refractivity contribution >= 4 is 23.5 Å². The van der Waals surface area contributed by atoms with Crippen LogP contribution in [0.25, 0.3) is 0 Å². The SMILES string of the molecule is O=C(NCCSCc1ccco1)c1ccccc1C(=O)c1ccc(F)cc1. The summed E-state index contributed by atoms with van der Waals surface area (Å²) in [5, 5.41) is 2.83. The molecule has 0 fully saturated rings. The van der Waals surface area contributed by atoms with Crippen LogP contribution in [0.4, 0.5) is 4.39 Å². The average Bonchev–Trinajstić information content (AvgIpc) is 3.21. The van der Waals surface area contributed by atoms with Crippen LogP contribution in [0.15, 0.2) is 71.3 Å². The fraction of sp³-hybridized carbons (Fsp3) is 0.143. The highest BCUT2D eigenvalue weighted by molar-refractivity contribution is 7.98. The van der Waals surface area contributed by atoms with Gasteiger partial charge in [-0.15, -0.1) is 0 Å². The zero-order valence-electron chi connectivity index (χ0n) is 14.5. The molecule has 0 atom stereocenters. The molecule has 1 amide bonds. The van der Waals surface area contributed by atoms with E-state index in [9.17, 15) is 14.0 Å². The van der Waals surface area contributed by atoms with Crippen molar-refractivity contribution in [2.24, 2.45) is 0 Å². The normalized spacial score (nSPS) is 10.6. The van der Waals surface area contributed by atoms with Gasteiger partial charge < -0.3 is 9.73 Å². The number of ketones is 1. The molecule has 0 saturated carbocycles. The van der Waals surface area contributed by atoms with Crippen molar-refractivity contribution in [3.63, 3.8) is 0 Å². The number of rotatable bonds is 8. The molecule has 0 spiro atoms. The maximum absolute atomic E-state index is 13.1. The highest BCUT2D eigenvalue weighted by atomic mass is 32.2. The van der Waals surface area contributed by atoms with E-state index < -0.39 is 5.82 Å². The highest BCUT2D eigenvalue weighted by Crippen LogP contribution is 2.16. The standard InChI is InChI=1S/C21H18FNO3S/c22-16-9-7-15(8-10-16)20(24)18-5-1-2-6-19(18)21(25)23-11-13-27-14-17-4-3-12-26-17/h1-10,12H,11,13-14H2,(H,23,25). The molecule has 0 radical (unpaired) electrons. The monoisotopic (exact) mass is 383 g/mol. The minimum Gasteiger partial charge on any atom is -0.468 e. The molecule has 138 valence electrons. The van der Waals surface area contributed by atoms with Gasteiger partial charge in [0.05, 0.1) is 17.6 Å². The second kappa shape index (κ2) is 9.19. The Morgan fingerprint density at radius 3 is 2.41 bits per heavy atom. The van der Waals surface area contributed by atoms with E-state index in [1.54, 1.807) is 42.3 Å². The molecule has 3 aromatic rings. The summed E-state index contributed by atoms with van der Waals surface area (Å²) in [7, 11) is 0. The molecular weight excluding hydrogens is 365 g/mol. The van der Waals surface area contributed by atoms with Crippen molar-refractivity contribution in [1.82, 2.24) is 5.32 Å². The van der Waals surface area contributed by atoms with Gasteiger partial charge in [0, 0.05) is 23.4 Å². The van der Waals surface area contributed by atoms with E-state index in [2.05, 4.69) is 5.32 Å². The van der Waals surface area contributed by atoms with Gasteiger partial charge in [-0.3, -0.25) is 9.59 Å². The lowest BCUT2D eigenvalue weighted by Gasteiger charge is -2.09. The van der Waals surface area contributed by atoms with Gasteiger partial charge in [0.15, 0.2) is 5.78 Å². The third kappa shape index (κ3) is 5.08. The van der Waals surface area contributed by atoms with Crippen LogP contribution in [0, 0.1) is 5.82 Å². The molecule has 6 heteroatoms. The second-order valence-corrected chi connectivity index (χ2v) is 6.87. The van der Waals surface area contributed by atoms with Gasteiger partial charge in [0.2, 0.25) is 0 Å². The topological polar surface area (TPSA) is 59.3 Å². The first-order valence-electron chi connectivity index (χ1n) is 8.43. The highest BCUT2D eigenvalue weighted by Gasteiger charge is 2.17. The Kier molecular flexibility index (Phi) is 6.44. The number of hydrogen-bond donors (Lipinski definition) is 1. The van der Waals surface area contributed by atoms with E-state index in [-0.39, 0.29) is 11.7 Å². The number of hydrogen-bond acceptors (Lipinski definition) is 4. The Hall–Kier alpha value is -2.86. The quantitative estimate of drug-likeness (QED) is 0.465. The minimum atomic E-state index is -0.412. The zero-order valence-corrected chi connectivity index (χ0v) is 15.3. The van der Waals surface area contributed by atoms with Gasteiger partial charge in [-0.1, -0.05) is 18.2 Å². The fourth-order valence-electron chi connectivity index (χ4n) is 2.54. The fourth-order valence-corrected chi connectivity index (χ4v) is 3.29. The van der Waals surface area contributed by atoms with Gasteiger partial charge in [-0.2, -0.15) is 11.8 Å². The lowest BCUT2D eigenvalue weighted by molar-refractivity contribution is 0.0944. The number of furan rings is 1. The van der Waals surface area contributed by atoms with Crippen LogP contribution in [0.5, 0.6) is 0 Å². The predicted octanol–water partition coefficient (Wildman–Crippen LogP) is 4.31. The van der Waals surface area contributed by atoms with Crippen molar-refractivity contribution in [3.8, 4) is 0 Å². The van der Waals surface area contributed by atoms with E-state index in [1.807, 2.05) is 12.1 Å². The lowest BCUT2D eigenvalue weighted by atomic mass is 9.98. The van der Waals surface area contributed by atoms with E-state index in [0.29, 0.717) is 23.2 Å². The molecule has 2 aromatic carbocycles. The number of halogens is 1. The molecule has 27 heavy (non-hydrogen) atoms. The Bertz CT molecular complexity index is 907. The Labute approximate surface area is 160 Å². The van der Waals surface area contributed by atoms with Gasteiger partial charge in [-0.05, 0) is 42.5 Å². The summed E-state index contributed by atoms with van der Waals surface area (Å²) in [6.07, 6.45) is 1.63. The molecular formula is C21H18FNO3S. The average molecular weight is 383 g/mol. The number of carbonyl (C=O) groups excluding carboxylic acids is 2. The number of carbonyl (C=O) groups is 2. The number of benzene rings is 2.